The summed E-state index contributed by atoms with van der Waals surface area (Å²) in [6, 6.07) is 6.13. The molecule has 33 heavy (non-hydrogen) atoms. The molecule has 1 aliphatic carbocycles. The predicted octanol–water partition coefficient (Wildman–Crippen LogP) is 2.74. The number of rotatable bonds is 9. The van der Waals surface area contributed by atoms with E-state index in [-0.39, 0.29) is 34.5 Å². The molecule has 1 fully saturated rings. The minimum absolute atomic E-state index is 0.00468. The molecular weight excluding hydrogens is 466 g/mol. The van der Waals surface area contributed by atoms with Gasteiger partial charge in [-0.25, -0.2) is 8.42 Å². The predicted molar refractivity (Wildman–Crippen MR) is 126 cm³/mol. The number of hydrogen-bond acceptors (Lipinski definition) is 7. The van der Waals surface area contributed by atoms with Crippen molar-refractivity contribution in [2.45, 2.75) is 62.9 Å². The lowest BCUT2D eigenvalue weighted by Crippen LogP contribution is -2.38. The third-order valence-electron chi connectivity index (χ3n) is 5.79. The number of carbonyl (C=O) groups excluding carboxylic acids is 2. The Kier molecular flexibility index (Phi) is 8.44. The van der Waals surface area contributed by atoms with E-state index in [1.54, 1.807) is 31.5 Å². The number of aryl methyl sites for hydroxylation is 1. The fourth-order valence-corrected chi connectivity index (χ4v) is 6.20. The van der Waals surface area contributed by atoms with Crippen LogP contribution in [0.5, 0.6) is 0 Å². The van der Waals surface area contributed by atoms with Gasteiger partial charge in [0.05, 0.1) is 12.1 Å². The summed E-state index contributed by atoms with van der Waals surface area (Å²) >= 11 is 1.05. The van der Waals surface area contributed by atoms with Crippen molar-refractivity contribution in [3.8, 4) is 0 Å². The third kappa shape index (κ3) is 6.30. The van der Waals surface area contributed by atoms with Gasteiger partial charge in [-0.15, -0.1) is 0 Å². The summed E-state index contributed by atoms with van der Waals surface area (Å²) in [6.45, 7) is 1.39. The second-order valence-corrected chi connectivity index (χ2v) is 10.8. The number of benzene rings is 1. The smallest absolute Gasteiger partial charge is 0.308 e. The molecule has 1 amide bonds. The zero-order valence-corrected chi connectivity index (χ0v) is 20.4. The molecule has 0 radical (unpaired) electrons. The molecule has 0 unspecified atom stereocenters. The van der Waals surface area contributed by atoms with Crippen molar-refractivity contribution >= 4 is 38.9 Å². The first kappa shape index (κ1) is 25.1. The number of esters is 1. The number of nitrogens with zero attached hydrogens (tertiary/aromatic N) is 2. The van der Waals surface area contributed by atoms with Crippen LogP contribution in [0.3, 0.4) is 0 Å². The van der Waals surface area contributed by atoms with Crippen molar-refractivity contribution in [1.29, 1.82) is 0 Å². The Hall–Kier alpha value is -2.50. The molecule has 0 spiro atoms. The number of nitrogens with one attached hydrogen (secondary N) is 1. The van der Waals surface area contributed by atoms with E-state index in [0.717, 1.165) is 49.1 Å². The van der Waals surface area contributed by atoms with Gasteiger partial charge < -0.3 is 14.6 Å². The molecule has 0 saturated heterocycles. The van der Waals surface area contributed by atoms with Gasteiger partial charge in [0.2, 0.25) is 10.0 Å². The Morgan fingerprint density at radius 3 is 2.58 bits per heavy atom. The molecule has 2 aromatic rings. The highest BCUT2D eigenvalue weighted by Crippen LogP contribution is 2.29. The van der Waals surface area contributed by atoms with Crippen LogP contribution in [0, 0.1) is 6.92 Å². The average Bonchev–Trinajstić information content (AvgIpc) is 3.13. The van der Waals surface area contributed by atoms with Crippen molar-refractivity contribution in [2.24, 2.45) is 0 Å². The van der Waals surface area contributed by atoms with Crippen LogP contribution in [-0.2, 0) is 30.9 Å². The van der Waals surface area contributed by atoms with Gasteiger partial charge >= 0.3 is 10.8 Å². The van der Waals surface area contributed by atoms with Crippen molar-refractivity contribution in [3.05, 3.63) is 45.0 Å². The van der Waals surface area contributed by atoms with Crippen LogP contribution in [0.4, 0.5) is 5.69 Å². The van der Waals surface area contributed by atoms with E-state index in [2.05, 4.69) is 5.32 Å². The number of sulfonamides is 1. The van der Waals surface area contributed by atoms with Gasteiger partial charge in [0.25, 0.3) is 5.91 Å². The van der Waals surface area contributed by atoms with Crippen LogP contribution in [0.2, 0.25) is 0 Å². The SMILES string of the molecule is Cc1csc(=O)n1CCC(=O)OCC(=O)Nc1ccccc1S(=O)(=O)N(C)C1CCCCC1. The molecule has 0 aliphatic heterocycles. The van der Waals surface area contributed by atoms with Crippen LogP contribution >= 0.6 is 11.3 Å². The van der Waals surface area contributed by atoms with E-state index in [9.17, 15) is 22.8 Å². The fraction of sp³-hybridized carbons (Fsp3) is 0.500. The summed E-state index contributed by atoms with van der Waals surface area (Å²) in [5, 5.41) is 4.25. The molecule has 1 N–H and O–H groups in total. The quantitative estimate of drug-likeness (QED) is 0.535. The Morgan fingerprint density at radius 1 is 1.21 bits per heavy atom. The Bertz CT molecular complexity index is 1150. The normalized spacial score (nSPS) is 14.9. The second-order valence-electron chi connectivity index (χ2n) is 8.06. The zero-order valence-electron chi connectivity index (χ0n) is 18.8. The topological polar surface area (TPSA) is 115 Å². The average molecular weight is 496 g/mol. The molecular formula is C22H29N3O6S2. The van der Waals surface area contributed by atoms with Crippen molar-refractivity contribution in [1.82, 2.24) is 8.87 Å². The number of para-hydroxylation sites is 1. The van der Waals surface area contributed by atoms with E-state index in [1.807, 2.05) is 0 Å². The summed E-state index contributed by atoms with van der Waals surface area (Å²) < 4.78 is 34.3. The number of aromatic nitrogens is 1. The lowest BCUT2D eigenvalue weighted by atomic mass is 9.96. The first-order valence-corrected chi connectivity index (χ1v) is 13.2. The number of thiazole rings is 1. The van der Waals surface area contributed by atoms with E-state index in [4.69, 9.17) is 4.74 Å². The molecule has 0 atom stereocenters. The summed E-state index contributed by atoms with van der Waals surface area (Å²) in [5.74, 6) is -1.27. The standard InChI is InChI=1S/C22H29N3O6S2/c1-16-15-32-22(28)25(16)13-12-21(27)31-14-20(26)23-18-10-6-7-11-19(18)33(29,30)24(2)17-8-4-3-5-9-17/h6-7,10-11,15,17H,3-5,8-9,12-14H2,1-2H3,(H,23,26). The van der Waals surface area contributed by atoms with Gasteiger partial charge in [0.1, 0.15) is 4.90 Å². The summed E-state index contributed by atoms with van der Waals surface area (Å²) in [6.07, 6.45) is 4.68. The molecule has 9 nitrogen and oxygen atoms in total. The number of hydrogen-bond donors (Lipinski definition) is 1. The molecule has 1 heterocycles. The molecule has 3 rings (SSSR count). The number of amides is 1. The van der Waals surface area contributed by atoms with E-state index >= 15 is 0 Å². The zero-order chi connectivity index (χ0) is 24.0. The molecule has 180 valence electrons. The van der Waals surface area contributed by atoms with Crippen molar-refractivity contribution < 1.29 is 22.7 Å². The number of ether oxygens (including phenoxy) is 1. The van der Waals surface area contributed by atoms with Gasteiger partial charge in [-0.05, 0) is 31.9 Å². The van der Waals surface area contributed by atoms with Crippen LogP contribution < -0.4 is 10.2 Å². The minimum atomic E-state index is -3.81. The van der Waals surface area contributed by atoms with Crippen molar-refractivity contribution in [2.75, 3.05) is 19.0 Å². The molecule has 1 aromatic heterocycles. The largest absolute Gasteiger partial charge is 0.456 e. The Labute approximate surface area is 197 Å². The summed E-state index contributed by atoms with van der Waals surface area (Å²) in [7, 11) is -2.23. The second kappa shape index (κ2) is 11.1. The maximum absolute atomic E-state index is 13.2. The molecule has 1 aliphatic rings. The summed E-state index contributed by atoms with van der Waals surface area (Å²) in [4.78, 5) is 35.9. The molecule has 1 saturated carbocycles. The van der Waals surface area contributed by atoms with Crippen LogP contribution in [0.25, 0.3) is 0 Å². The highest BCUT2D eigenvalue weighted by molar-refractivity contribution is 7.89. The highest BCUT2D eigenvalue weighted by Gasteiger charge is 2.31. The first-order valence-electron chi connectivity index (χ1n) is 10.9. The third-order valence-corrected chi connectivity index (χ3v) is 8.64. The molecule has 1 aromatic carbocycles. The van der Waals surface area contributed by atoms with Gasteiger partial charge in [0.15, 0.2) is 6.61 Å². The fourth-order valence-electron chi connectivity index (χ4n) is 3.87. The van der Waals surface area contributed by atoms with Gasteiger partial charge in [-0.2, -0.15) is 4.31 Å². The maximum Gasteiger partial charge on any atom is 0.308 e. The lowest BCUT2D eigenvalue weighted by Gasteiger charge is -2.30. The van der Waals surface area contributed by atoms with Crippen molar-refractivity contribution in [3.63, 3.8) is 0 Å². The van der Waals surface area contributed by atoms with Crippen LogP contribution in [0.15, 0.2) is 39.3 Å². The highest BCUT2D eigenvalue weighted by atomic mass is 32.2. The number of carbonyl (C=O) groups is 2. The first-order chi connectivity index (χ1) is 15.7. The van der Waals surface area contributed by atoms with E-state index < -0.39 is 28.5 Å². The van der Waals surface area contributed by atoms with Gasteiger partial charge in [0, 0.05) is 30.7 Å². The monoisotopic (exact) mass is 495 g/mol. The maximum atomic E-state index is 13.2. The van der Waals surface area contributed by atoms with Gasteiger partial charge in [-0.1, -0.05) is 42.7 Å². The minimum Gasteiger partial charge on any atom is -0.456 e. The number of anilines is 1. The van der Waals surface area contributed by atoms with Crippen LogP contribution in [0.1, 0.15) is 44.2 Å². The van der Waals surface area contributed by atoms with E-state index in [0.29, 0.717) is 0 Å². The summed E-state index contributed by atoms with van der Waals surface area (Å²) in [5.41, 5.74) is 0.896. The molecule has 11 heteroatoms. The van der Waals surface area contributed by atoms with Crippen LogP contribution in [-0.4, -0.2) is 48.9 Å². The van der Waals surface area contributed by atoms with E-state index in [1.165, 1.54) is 21.0 Å². The molecule has 0 bridgehead atoms. The Morgan fingerprint density at radius 2 is 1.91 bits per heavy atom. The Balaban J connectivity index is 1.59. The van der Waals surface area contributed by atoms with Gasteiger partial charge in [-0.3, -0.25) is 14.4 Å². The lowest BCUT2D eigenvalue weighted by molar-refractivity contribution is -0.147.